The second-order valence-corrected chi connectivity index (χ2v) is 3.77. The lowest BCUT2D eigenvalue weighted by molar-refractivity contribution is -0.156. The first kappa shape index (κ1) is 13.4. The highest BCUT2D eigenvalue weighted by atomic mass is 35.5. The first-order chi connectivity index (χ1) is 7.95. The van der Waals surface area contributed by atoms with Gasteiger partial charge in [-0.1, -0.05) is 17.7 Å². The van der Waals surface area contributed by atoms with Gasteiger partial charge in [0.2, 0.25) is 0 Å². The lowest BCUT2D eigenvalue weighted by Gasteiger charge is -2.10. The normalized spacial score (nSPS) is 11.9. The van der Waals surface area contributed by atoms with E-state index >= 15 is 0 Å². The number of carbonyl (C=O) groups is 2. The fraction of sp³-hybridized carbons (Fsp3) is 0.273. The van der Waals surface area contributed by atoms with Crippen molar-refractivity contribution in [2.24, 2.45) is 5.92 Å². The lowest BCUT2D eigenvalue weighted by Crippen LogP contribution is -2.27. The molecule has 6 heteroatoms. The van der Waals surface area contributed by atoms with E-state index in [-0.39, 0.29) is 11.4 Å². The average Bonchev–Trinajstić information content (AvgIpc) is 2.29. The zero-order valence-corrected chi connectivity index (χ0v) is 9.70. The Labute approximate surface area is 102 Å². The van der Waals surface area contributed by atoms with Gasteiger partial charge in [0.15, 0.2) is 5.92 Å². The maximum Gasteiger partial charge on any atom is 0.320 e. The van der Waals surface area contributed by atoms with E-state index in [1.807, 2.05) is 0 Å². The summed E-state index contributed by atoms with van der Waals surface area (Å²) in [6.07, 6.45) is -0.143. The molecule has 1 unspecified atom stereocenters. The zero-order valence-electron chi connectivity index (χ0n) is 8.94. The topological polar surface area (TPSA) is 63.6 Å². The van der Waals surface area contributed by atoms with Crippen LogP contribution in [-0.4, -0.2) is 24.2 Å². The standard InChI is InChI=1S/C11H10ClFO4/c1-17-11(16)7(10(14)15)4-6-2-3-8(12)9(13)5-6/h2-3,5,7H,4H2,1H3,(H,14,15). The number of rotatable bonds is 4. The lowest BCUT2D eigenvalue weighted by atomic mass is 9.99. The Morgan fingerprint density at radius 2 is 2.18 bits per heavy atom. The minimum atomic E-state index is -1.35. The maximum atomic E-state index is 13.1. The van der Waals surface area contributed by atoms with Crippen LogP contribution < -0.4 is 0 Å². The molecule has 1 rings (SSSR count). The number of carboxylic acids is 1. The van der Waals surface area contributed by atoms with Crippen molar-refractivity contribution in [2.75, 3.05) is 7.11 Å². The van der Waals surface area contributed by atoms with Gasteiger partial charge in [0, 0.05) is 0 Å². The molecule has 1 atom stereocenters. The summed E-state index contributed by atoms with van der Waals surface area (Å²) in [6, 6.07) is 3.87. The molecule has 0 amide bonds. The number of benzene rings is 1. The molecule has 0 saturated carbocycles. The van der Waals surface area contributed by atoms with Crippen molar-refractivity contribution >= 4 is 23.5 Å². The number of carbonyl (C=O) groups excluding carboxylic acids is 1. The summed E-state index contributed by atoms with van der Waals surface area (Å²) in [5, 5.41) is 8.78. The van der Waals surface area contributed by atoms with Gasteiger partial charge in [-0.05, 0) is 24.1 Å². The van der Waals surface area contributed by atoms with E-state index in [2.05, 4.69) is 4.74 Å². The number of halogens is 2. The fourth-order valence-corrected chi connectivity index (χ4v) is 1.43. The van der Waals surface area contributed by atoms with Crippen LogP contribution in [0.2, 0.25) is 5.02 Å². The molecule has 0 radical (unpaired) electrons. The van der Waals surface area contributed by atoms with Crippen LogP contribution in [0.15, 0.2) is 18.2 Å². The monoisotopic (exact) mass is 260 g/mol. The van der Waals surface area contributed by atoms with Crippen LogP contribution in [0.1, 0.15) is 5.56 Å². The van der Waals surface area contributed by atoms with Crippen molar-refractivity contribution in [3.05, 3.63) is 34.6 Å². The van der Waals surface area contributed by atoms with Crippen molar-refractivity contribution in [3.8, 4) is 0 Å². The predicted molar refractivity (Wildman–Crippen MR) is 58.3 cm³/mol. The Bertz CT molecular complexity index is 447. The third kappa shape index (κ3) is 3.42. The second kappa shape index (κ2) is 5.63. The average molecular weight is 261 g/mol. The van der Waals surface area contributed by atoms with Crippen LogP contribution in [0.5, 0.6) is 0 Å². The first-order valence-corrected chi connectivity index (χ1v) is 5.08. The summed E-state index contributed by atoms with van der Waals surface area (Å²) in [7, 11) is 1.10. The van der Waals surface area contributed by atoms with Gasteiger partial charge >= 0.3 is 11.9 Å². The Hall–Kier alpha value is -1.62. The van der Waals surface area contributed by atoms with Crippen molar-refractivity contribution in [3.63, 3.8) is 0 Å². The number of hydrogen-bond donors (Lipinski definition) is 1. The van der Waals surface area contributed by atoms with E-state index in [0.29, 0.717) is 5.56 Å². The highest BCUT2D eigenvalue weighted by Crippen LogP contribution is 2.18. The quantitative estimate of drug-likeness (QED) is 0.663. The molecule has 1 aromatic carbocycles. The summed E-state index contributed by atoms with van der Waals surface area (Å²) in [6.45, 7) is 0. The molecule has 17 heavy (non-hydrogen) atoms. The number of methoxy groups -OCH3 is 1. The van der Waals surface area contributed by atoms with Crippen LogP contribution in [-0.2, 0) is 20.7 Å². The van der Waals surface area contributed by atoms with E-state index in [1.165, 1.54) is 12.1 Å². The van der Waals surface area contributed by atoms with Gasteiger partial charge < -0.3 is 9.84 Å². The minimum Gasteiger partial charge on any atom is -0.481 e. The van der Waals surface area contributed by atoms with Crippen molar-refractivity contribution in [2.45, 2.75) is 6.42 Å². The van der Waals surface area contributed by atoms with E-state index in [4.69, 9.17) is 16.7 Å². The predicted octanol–water partition coefficient (Wildman–Crippen LogP) is 1.90. The fourth-order valence-electron chi connectivity index (χ4n) is 1.32. The largest absolute Gasteiger partial charge is 0.481 e. The number of esters is 1. The van der Waals surface area contributed by atoms with Crippen LogP contribution in [0.4, 0.5) is 4.39 Å². The molecule has 1 aromatic rings. The minimum absolute atomic E-state index is 0.0568. The molecule has 0 saturated heterocycles. The molecule has 0 heterocycles. The molecule has 0 aliphatic rings. The van der Waals surface area contributed by atoms with Crippen molar-refractivity contribution < 1.29 is 23.8 Å². The highest BCUT2D eigenvalue weighted by molar-refractivity contribution is 6.30. The summed E-state index contributed by atoms with van der Waals surface area (Å²) in [5.41, 5.74) is 0.365. The number of ether oxygens (including phenoxy) is 1. The zero-order chi connectivity index (χ0) is 13.0. The van der Waals surface area contributed by atoms with E-state index < -0.39 is 23.7 Å². The molecular weight excluding hydrogens is 251 g/mol. The third-order valence-corrected chi connectivity index (χ3v) is 2.51. The SMILES string of the molecule is COC(=O)C(Cc1ccc(Cl)c(F)c1)C(=O)O. The highest BCUT2D eigenvalue weighted by Gasteiger charge is 2.27. The molecule has 0 spiro atoms. The number of hydrogen-bond acceptors (Lipinski definition) is 3. The molecule has 4 nitrogen and oxygen atoms in total. The molecule has 0 aromatic heterocycles. The van der Waals surface area contributed by atoms with Gasteiger partial charge in [0.05, 0.1) is 12.1 Å². The Morgan fingerprint density at radius 3 is 2.65 bits per heavy atom. The first-order valence-electron chi connectivity index (χ1n) is 4.70. The van der Waals surface area contributed by atoms with E-state index in [9.17, 15) is 14.0 Å². The summed E-state index contributed by atoms with van der Waals surface area (Å²) in [5.74, 6) is -4.18. The van der Waals surface area contributed by atoms with Crippen LogP contribution in [0.3, 0.4) is 0 Å². The summed E-state index contributed by atoms with van der Waals surface area (Å²) < 4.78 is 17.5. The van der Waals surface area contributed by atoms with Gasteiger partial charge in [-0.25, -0.2) is 4.39 Å². The van der Waals surface area contributed by atoms with Gasteiger partial charge in [0.1, 0.15) is 5.82 Å². The molecule has 92 valence electrons. The van der Waals surface area contributed by atoms with Crippen molar-refractivity contribution in [1.29, 1.82) is 0 Å². The number of aliphatic carboxylic acids is 1. The summed E-state index contributed by atoms with van der Waals surface area (Å²) in [4.78, 5) is 22.0. The molecular formula is C11H10ClFO4. The Kier molecular flexibility index (Phi) is 4.45. The number of carboxylic acid groups (broad SMARTS) is 1. The smallest absolute Gasteiger partial charge is 0.320 e. The Balaban J connectivity index is 2.90. The van der Waals surface area contributed by atoms with Crippen molar-refractivity contribution in [1.82, 2.24) is 0 Å². The van der Waals surface area contributed by atoms with E-state index in [1.54, 1.807) is 0 Å². The molecule has 1 N–H and O–H groups in total. The van der Waals surface area contributed by atoms with Crippen LogP contribution in [0, 0.1) is 11.7 Å². The van der Waals surface area contributed by atoms with Gasteiger partial charge in [-0.2, -0.15) is 0 Å². The van der Waals surface area contributed by atoms with Crippen LogP contribution >= 0.6 is 11.6 Å². The molecule has 0 fully saturated rings. The van der Waals surface area contributed by atoms with E-state index in [0.717, 1.165) is 13.2 Å². The van der Waals surface area contributed by atoms with Gasteiger partial charge in [-0.3, -0.25) is 9.59 Å². The second-order valence-electron chi connectivity index (χ2n) is 3.37. The molecule has 0 aliphatic heterocycles. The molecule has 0 aliphatic carbocycles. The summed E-state index contributed by atoms with van der Waals surface area (Å²) >= 11 is 5.49. The van der Waals surface area contributed by atoms with Gasteiger partial charge in [0.25, 0.3) is 0 Å². The molecule has 0 bridgehead atoms. The Morgan fingerprint density at radius 1 is 1.53 bits per heavy atom. The maximum absolute atomic E-state index is 13.1. The van der Waals surface area contributed by atoms with Gasteiger partial charge in [-0.15, -0.1) is 0 Å². The van der Waals surface area contributed by atoms with Crippen LogP contribution in [0.25, 0.3) is 0 Å². The third-order valence-electron chi connectivity index (χ3n) is 2.21.